The van der Waals surface area contributed by atoms with Gasteiger partial charge in [-0.1, -0.05) is 15.9 Å². The maximum atomic E-state index is 13.7. The number of rotatable bonds is 4. The molecule has 0 saturated carbocycles. The zero-order chi connectivity index (χ0) is 13.8. The van der Waals surface area contributed by atoms with E-state index in [4.69, 9.17) is 4.74 Å². The van der Waals surface area contributed by atoms with Gasteiger partial charge in [-0.05, 0) is 32.0 Å². The van der Waals surface area contributed by atoms with Gasteiger partial charge in [0.05, 0.1) is 18.4 Å². The number of hydrogen-bond acceptors (Lipinski definition) is 3. The van der Waals surface area contributed by atoms with Gasteiger partial charge in [0, 0.05) is 30.1 Å². The van der Waals surface area contributed by atoms with Crippen molar-refractivity contribution in [2.45, 2.75) is 26.0 Å². The van der Waals surface area contributed by atoms with Gasteiger partial charge in [0.15, 0.2) is 0 Å². The van der Waals surface area contributed by atoms with Gasteiger partial charge in [0.1, 0.15) is 5.82 Å². The third-order valence-electron chi connectivity index (χ3n) is 3.35. The van der Waals surface area contributed by atoms with E-state index in [9.17, 15) is 4.39 Å². The van der Waals surface area contributed by atoms with E-state index in [2.05, 4.69) is 40.0 Å². The first-order valence-electron chi connectivity index (χ1n) is 6.61. The van der Waals surface area contributed by atoms with E-state index in [1.165, 1.54) is 6.07 Å². The van der Waals surface area contributed by atoms with Crippen LogP contribution in [0.25, 0.3) is 0 Å². The molecule has 1 aromatic carbocycles. The highest BCUT2D eigenvalue weighted by molar-refractivity contribution is 9.10. The highest BCUT2D eigenvalue weighted by Crippen LogP contribution is 2.19. The van der Waals surface area contributed by atoms with Crippen LogP contribution in [-0.4, -0.2) is 43.3 Å². The number of nitrogens with one attached hydrogen (secondary N) is 1. The van der Waals surface area contributed by atoms with Gasteiger partial charge < -0.3 is 10.1 Å². The zero-order valence-electron chi connectivity index (χ0n) is 11.3. The highest BCUT2D eigenvalue weighted by Gasteiger charge is 2.22. The highest BCUT2D eigenvalue weighted by atomic mass is 79.9. The van der Waals surface area contributed by atoms with Crippen LogP contribution in [0.15, 0.2) is 22.7 Å². The summed E-state index contributed by atoms with van der Waals surface area (Å²) in [6.07, 6.45) is 0.110. The first kappa shape index (κ1) is 14.8. The predicted octanol–water partition coefficient (Wildman–Crippen LogP) is 3.11. The third-order valence-corrected chi connectivity index (χ3v) is 3.85. The molecule has 1 fully saturated rings. The number of anilines is 1. The molecule has 0 bridgehead atoms. The van der Waals surface area contributed by atoms with Crippen LogP contribution in [0.4, 0.5) is 10.1 Å². The molecule has 1 N–H and O–H groups in total. The lowest BCUT2D eigenvalue weighted by molar-refractivity contribution is -0.0315. The van der Waals surface area contributed by atoms with E-state index < -0.39 is 0 Å². The lowest BCUT2D eigenvalue weighted by Crippen LogP contribution is -2.48. The van der Waals surface area contributed by atoms with Crippen molar-refractivity contribution in [3.05, 3.63) is 28.5 Å². The Morgan fingerprint density at radius 3 is 3.00 bits per heavy atom. The van der Waals surface area contributed by atoms with Crippen molar-refractivity contribution in [3.63, 3.8) is 0 Å². The van der Waals surface area contributed by atoms with Crippen LogP contribution in [0.2, 0.25) is 0 Å². The Morgan fingerprint density at radius 2 is 2.32 bits per heavy atom. The fraction of sp³-hybridized carbons (Fsp3) is 0.571. The van der Waals surface area contributed by atoms with Gasteiger partial charge >= 0.3 is 0 Å². The molecular weight excluding hydrogens is 311 g/mol. The Labute approximate surface area is 122 Å². The number of hydrogen-bond donors (Lipinski definition) is 1. The smallest absolute Gasteiger partial charge is 0.147 e. The van der Waals surface area contributed by atoms with E-state index in [0.29, 0.717) is 18.3 Å². The molecule has 106 valence electrons. The number of benzene rings is 1. The maximum Gasteiger partial charge on any atom is 0.147 e. The summed E-state index contributed by atoms with van der Waals surface area (Å²) in [7, 11) is 0. The van der Waals surface area contributed by atoms with Crippen molar-refractivity contribution >= 4 is 21.6 Å². The Morgan fingerprint density at radius 1 is 1.53 bits per heavy atom. The van der Waals surface area contributed by atoms with E-state index in [-0.39, 0.29) is 11.9 Å². The minimum atomic E-state index is -0.245. The average molecular weight is 331 g/mol. The van der Waals surface area contributed by atoms with Crippen molar-refractivity contribution in [1.29, 1.82) is 0 Å². The standard InChI is InChI=1S/C14H20BrFN2O/c1-10(2)18-5-6-19-12(9-18)8-17-14-4-3-11(15)7-13(14)16/h3-4,7,10,12,17H,5-6,8-9H2,1-2H3. The number of ether oxygens (including phenoxy) is 1. The normalized spacial score (nSPS) is 20.8. The molecule has 0 aliphatic carbocycles. The van der Waals surface area contributed by atoms with Crippen molar-refractivity contribution in [1.82, 2.24) is 4.90 Å². The summed E-state index contributed by atoms with van der Waals surface area (Å²) in [6.45, 7) is 7.60. The Bertz CT molecular complexity index is 428. The Balaban J connectivity index is 1.88. The van der Waals surface area contributed by atoms with Crippen LogP contribution in [0.3, 0.4) is 0 Å². The third kappa shape index (κ3) is 4.16. The lowest BCUT2D eigenvalue weighted by Gasteiger charge is -2.35. The summed E-state index contributed by atoms with van der Waals surface area (Å²) >= 11 is 3.25. The topological polar surface area (TPSA) is 24.5 Å². The van der Waals surface area contributed by atoms with Crippen molar-refractivity contribution < 1.29 is 9.13 Å². The molecule has 1 aliphatic rings. The van der Waals surface area contributed by atoms with E-state index >= 15 is 0 Å². The second kappa shape index (κ2) is 6.68. The molecule has 0 spiro atoms. The quantitative estimate of drug-likeness (QED) is 0.918. The van der Waals surface area contributed by atoms with Crippen LogP contribution < -0.4 is 5.32 Å². The largest absolute Gasteiger partial charge is 0.380 e. The lowest BCUT2D eigenvalue weighted by atomic mass is 10.2. The zero-order valence-corrected chi connectivity index (χ0v) is 12.9. The fourth-order valence-corrected chi connectivity index (χ4v) is 2.52. The fourth-order valence-electron chi connectivity index (χ4n) is 2.19. The molecule has 19 heavy (non-hydrogen) atoms. The average Bonchev–Trinajstić information content (AvgIpc) is 2.38. The number of nitrogens with zero attached hydrogens (tertiary/aromatic N) is 1. The minimum Gasteiger partial charge on any atom is -0.380 e. The molecule has 1 heterocycles. The van der Waals surface area contributed by atoms with Gasteiger partial charge in [-0.15, -0.1) is 0 Å². The van der Waals surface area contributed by atoms with E-state index in [1.807, 2.05) is 6.07 Å². The molecule has 1 aromatic rings. The number of morpholine rings is 1. The molecule has 2 rings (SSSR count). The van der Waals surface area contributed by atoms with Crippen molar-refractivity contribution in [2.24, 2.45) is 0 Å². The first-order valence-corrected chi connectivity index (χ1v) is 7.40. The second-order valence-electron chi connectivity index (χ2n) is 5.09. The van der Waals surface area contributed by atoms with Gasteiger partial charge in [-0.3, -0.25) is 4.90 Å². The van der Waals surface area contributed by atoms with Crippen LogP contribution in [0.1, 0.15) is 13.8 Å². The molecule has 1 atom stereocenters. The van der Waals surface area contributed by atoms with Crippen molar-refractivity contribution in [2.75, 3.05) is 31.6 Å². The van der Waals surface area contributed by atoms with Crippen molar-refractivity contribution in [3.8, 4) is 0 Å². The molecule has 1 unspecified atom stereocenters. The summed E-state index contributed by atoms with van der Waals surface area (Å²) in [5.74, 6) is -0.245. The summed E-state index contributed by atoms with van der Waals surface area (Å²) in [6, 6.07) is 5.55. The van der Waals surface area contributed by atoms with E-state index in [1.54, 1.807) is 6.07 Å². The molecule has 3 nitrogen and oxygen atoms in total. The summed E-state index contributed by atoms with van der Waals surface area (Å²) in [4.78, 5) is 2.38. The SMILES string of the molecule is CC(C)N1CCOC(CNc2ccc(Br)cc2F)C1. The second-order valence-corrected chi connectivity index (χ2v) is 6.00. The maximum absolute atomic E-state index is 13.7. The minimum absolute atomic E-state index is 0.110. The van der Waals surface area contributed by atoms with Crippen LogP contribution in [0, 0.1) is 5.82 Å². The van der Waals surface area contributed by atoms with Gasteiger partial charge in [0.25, 0.3) is 0 Å². The summed E-state index contributed by atoms with van der Waals surface area (Å²) < 4.78 is 20.1. The molecular formula is C14H20BrFN2O. The van der Waals surface area contributed by atoms with Crippen LogP contribution in [-0.2, 0) is 4.74 Å². The Hall–Kier alpha value is -0.650. The van der Waals surface area contributed by atoms with Gasteiger partial charge in [-0.25, -0.2) is 4.39 Å². The number of halogens is 2. The summed E-state index contributed by atoms with van der Waals surface area (Å²) in [5, 5.41) is 3.12. The van der Waals surface area contributed by atoms with Crippen LogP contribution in [0.5, 0.6) is 0 Å². The molecule has 1 aliphatic heterocycles. The molecule has 0 amide bonds. The molecule has 0 radical (unpaired) electrons. The predicted molar refractivity (Wildman–Crippen MR) is 79.0 cm³/mol. The molecule has 0 aromatic heterocycles. The van der Waals surface area contributed by atoms with E-state index in [0.717, 1.165) is 24.2 Å². The first-order chi connectivity index (χ1) is 9.06. The summed E-state index contributed by atoms with van der Waals surface area (Å²) in [5.41, 5.74) is 0.522. The van der Waals surface area contributed by atoms with Gasteiger partial charge in [0.2, 0.25) is 0 Å². The van der Waals surface area contributed by atoms with Crippen LogP contribution >= 0.6 is 15.9 Å². The van der Waals surface area contributed by atoms with Gasteiger partial charge in [-0.2, -0.15) is 0 Å². The molecule has 5 heteroatoms. The molecule has 1 saturated heterocycles. The monoisotopic (exact) mass is 330 g/mol. The Kier molecular flexibility index (Phi) is 5.19.